The van der Waals surface area contributed by atoms with Crippen LogP contribution >= 0.6 is 11.3 Å². The third kappa shape index (κ3) is 4.01. The molecule has 28 heavy (non-hydrogen) atoms. The highest BCUT2D eigenvalue weighted by molar-refractivity contribution is 7.17. The van der Waals surface area contributed by atoms with Crippen molar-refractivity contribution in [2.45, 2.75) is 25.6 Å². The van der Waals surface area contributed by atoms with E-state index in [2.05, 4.69) is 9.98 Å². The average Bonchev–Trinajstić information content (AvgIpc) is 2.96. The van der Waals surface area contributed by atoms with Crippen molar-refractivity contribution in [1.82, 2.24) is 0 Å². The van der Waals surface area contributed by atoms with Crippen LogP contribution in [0.2, 0.25) is 0 Å². The summed E-state index contributed by atoms with van der Waals surface area (Å²) in [5, 5.41) is 0. The third-order valence-electron chi connectivity index (χ3n) is 4.16. The molecule has 0 aliphatic carbocycles. The van der Waals surface area contributed by atoms with Crippen molar-refractivity contribution in [1.29, 1.82) is 0 Å². The monoisotopic (exact) mass is 410 g/mol. The number of fused-ring (bicyclic) bond motifs is 3. The van der Waals surface area contributed by atoms with Crippen LogP contribution in [0.1, 0.15) is 27.7 Å². The third-order valence-corrected chi connectivity index (χ3v) is 5.36. The van der Waals surface area contributed by atoms with E-state index in [4.69, 9.17) is 16.2 Å². The molecule has 4 N–H and O–H groups in total. The van der Waals surface area contributed by atoms with Gasteiger partial charge in [-0.2, -0.15) is 13.2 Å². The van der Waals surface area contributed by atoms with Gasteiger partial charge >= 0.3 is 6.18 Å². The number of hydrogen-bond donors (Lipinski definition) is 2. The number of amides is 1. The number of halogens is 3. The van der Waals surface area contributed by atoms with Gasteiger partial charge in [-0.05, 0) is 36.8 Å². The molecule has 0 radical (unpaired) electrons. The highest BCUT2D eigenvalue weighted by Gasteiger charge is 2.36. The molecule has 3 rings (SSSR count). The highest BCUT2D eigenvalue weighted by Crippen LogP contribution is 2.41. The molecule has 0 fully saturated rings. The van der Waals surface area contributed by atoms with Gasteiger partial charge in [0.05, 0.1) is 17.8 Å². The first-order valence-electron chi connectivity index (χ1n) is 8.29. The minimum Gasteiger partial charge on any atom is -0.493 e. The lowest BCUT2D eigenvalue weighted by Gasteiger charge is -2.11. The number of ether oxygens (including phenoxy) is 1. The maximum Gasteiger partial charge on any atom is 0.410 e. The van der Waals surface area contributed by atoms with Crippen LogP contribution in [0.15, 0.2) is 34.3 Å². The van der Waals surface area contributed by atoms with Gasteiger partial charge in [0.15, 0.2) is 5.84 Å². The summed E-state index contributed by atoms with van der Waals surface area (Å²) in [5.41, 5.74) is 12.6. The largest absolute Gasteiger partial charge is 0.493 e. The van der Waals surface area contributed by atoms with Crippen molar-refractivity contribution >= 4 is 29.4 Å². The normalized spacial score (nSPS) is 15.5. The van der Waals surface area contributed by atoms with Crippen LogP contribution in [0.3, 0.4) is 0 Å². The summed E-state index contributed by atoms with van der Waals surface area (Å²) >= 11 is 1.24. The minimum atomic E-state index is -4.48. The van der Waals surface area contributed by atoms with Crippen LogP contribution in [-0.4, -0.2) is 36.9 Å². The SMILES string of the molecule is CC(N=C(N=CN)c1cc2c(s1)-c1ccc(C(N)=O)cc1OCC2)C(F)(F)F. The summed E-state index contributed by atoms with van der Waals surface area (Å²) in [6.07, 6.45) is -3.01. The molecule has 1 aliphatic rings. The molecule has 2 aromatic rings. The van der Waals surface area contributed by atoms with Crippen molar-refractivity contribution in [2.24, 2.45) is 21.5 Å². The number of primary amides is 1. The molecular formula is C18H17F3N4O2S. The number of hydrogen-bond acceptors (Lipinski definition) is 4. The fourth-order valence-electron chi connectivity index (χ4n) is 2.69. The predicted octanol–water partition coefficient (Wildman–Crippen LogP) is 3.13. The Hall–Kier alpha value is -2.88. The summed E-state index contributed by atoms with van der Waals surface area (Å²) in [6, 6.07) is 4.68. The molecule has 0 saturated carbocycles. The molecule has 2 heterocycles. The molecule has 6 nitrogen and oxygen atoms in total. The lowest BCUT2D eigenvalue weighted by molar-refractivity contribution is -0.142. The lowest BCUT2D eigenvalue weighted by Crippen LogP contribution is -2.24. The number of aliphatic imine (C=N–C) groups is 2. The van der Waals surface area contributed by atoms with Crippen LogP contribution in [0, 0.1) is 0 Å². The summed E-state index contributed by atoms with van der Waals surface area (Å²) in [7, 11) is 0. The first kappa shape index (κ1) is 19.9. The van der Waals surface area contributed by atoms with E-state index in [1.165, 1.54) is 11.3 Å². The summed E-state index contributed by atoms with van der Waals surface area (Å²) in [5.74, 6) is -0.162. The van der Waals surface area contributed by atoms with E-state index < -0.39 is 18.1 Å². The second-order valence-electron chi connectivity index (χ2n) is 6.09. The fraction of sp³-hybridized carbons (Fsp3) is 0.278. The fourth-order valence-corrected chi connectivity index (χ4v) is 3.88. The number of benzene rings is 1. The second-order valence-corrected chi connectivity index (χ2v) is 7.14. The van der Waals surface area contributed by atoms with Crippen molar-refractivity contribution in [3.63, 3.8) is 0 Å². The van der Waals surface area contributed by atoms with Gasteiger partial charge in [-0.25, -0.2) is 4.99 Å². The smallest absolute Gasteiger partial charge is 0.410 e. The van der Waals surface area contributed by atoms with Gasteiger partial charge in [-0.15, -0.1) is 11.3 Å². The zero-order valence-electron chi connectivity index (χ0n) is 14.8. The maximum absolute atomic E-state index is 12.9. The molecule has 1 amide bonds. The van der Waals surface area contributed by atoms with Crippen LogP contribution in [-0.2, 0) is 6.42 Å². The van der Waals surface area contributed by atoms with E-state index >= 15 is 0 Å². The quantitative estimate of drug-likeness (QED) is 0.600. The van der Waals surface area contributed by atoms with E-state index in [1.54, 1.807) is 24.3 Å². The molecule has 0 saturated heterocycles. The zero-order chi connectivity index (χ0) is 20.5. The Kier molecular flexibility index (Phi) is 5.41. The minimum absolute atomic E-state index is 0.0818. The van der Waals surface area contributed by atoms with Gasteiger partial charge in [-0.1, -0.05) is 0 Å². The van der Waals surface area contributed by atoms with Crippen LogP contribution in [0.5, 0.6) is 5.75 Å². The Morgan fingerprint density at radius 3 is 2.75 bits per heavy atom. The van der Waals surface area contributed by atoms with Crippen molar-refractivity contribution < 1.29 is 22.7 Å². The number of rotatable bonds is 3. The van der Waals surface area contributed by atoms with Crippen molar-refractivity contribution in [3.8, 4) is 16.2 Å². The Balaban J connectivity index is 2.08. The molecular weight excluding hydrogens is 393 g/mol. The lowest BCUT2D eigenvalue weighted by atomic mass is 10.1. The molecule has 1 aromatic carbocycles. The van der Waals surface area contributed by atoms with Crippen LogP contribution < -0.4 is 16.2 Å². The number of thiophene rings is 1. The second kappa shape index (κ2) is 7.63. The van der Waals surface area contributed by atoms with Gasteiger partial charge in [-0.3, -0.25) is 9.79 Å². The number of amidine groups is 1. The number of alkyl halides is 3. The maximum atomic E-state index is 12.9. The van der Waals surface area contributed by atoms with Crippen LogP contribution in [0.4, 0.5) is 13.2 Å². The predicted molar refractivity (Wildman–Crippen MR) is 102 cm³/mol. The highest BCUT2D eigenvalue weighted by atomic mass is 32.1. The summed E-state index contributed by atoms with van der Waals surface area (Å²) in [6.45, 7) is 1.31. The van der Waals surface area contributed by atoms with Gasteiger partial charge < -0.3 is 16.2 Å². The average molecular weight is 410 g/mol. The molecule has 10 heteroatoms. The van der Waals surface area contributed by atoms with Crippen molar-refractivity contribution in [2.75, 3.05) is 6.61 Å². The molecule has 1 unspecified atom stereocenters. The first-order chi connectivity index (χ1) is 13.2. The van der Waals surface area contributed by atoms with E-state index in [1.807, 2.05) is 0 Å². The van der Waals surface area contributed by atoms with E-state index in [9.17, 15) is 18.0 Å². The van der Waals surface area contributed by atoms with Gasteiger partial charge in [0, 0.05) is 22.4 Å². The Labute approximate surface area is 162 Å². The molecule has 1 atom stereocenters. The number of carbonyl (C=O) groups is 1. The van der Waals surface area contributed by atoms with Crippen LogP contribution in [0.25, 0.3) is 10.4 Å². The summed E-state index contributed by atoms with van der Waals surface area (Å²) < 4.78 is 44.4. The first-order valence-corrected chi connectivity index (χ1v) is 9.11. The van der Waals surface area contributed by atoms with Crippen molar-refractivity contribution in [3.05, 3.63) is 40.3 Å². The van der Waals surface area contributed by atoms with Gasteiger partial charge in [0.2, 0.25) is 5.91 Å². The number of carbonyl (C=O) groups excluding carboxylic acids is 1. The van der Waals surface area contributed by atoms with E-state index in [-0.39, 0.29) is 5.84 Å². The number of nitrogens with two attached hydrogens (primary N) is 2. The van der Waals surface area contributed by atoms with Gasteiger partial charge in [0.25, 0.3) is 0 Å². The Morgan fingerprint density at radius 1 is 1.36 bits per heavy atom. The molecule has 148 valence electrons. The molecule has 0 bridgehead atoms. The van der Waals surface area contributed by atoms with E-state index in [0.29, 0.717) is 29.2 Å². The zero-order valence-corrected chi connectivity index (χ0v) is 15.6. The number of nitrogens with zero attached hydrogens (tertiary/aromatic N) is 2. The Morgan fingerprint density at radius 2 is 2.11 bits per heavy atom. The molecule has 0 spiro atoms. The topological polar surface area (TPSA) is 103 Å². The molecule has 1 aromatic heterocycles. The van der Waals surface area contributed by atoms with Gasteiger partial charge in [0.1, 0.15) is 11.8 Å². The Bertz CT molecular complexity index is 966. The summed E-state index contributed by atoms with van der Waals surface area (Å²) in [4.78, 5) is 20.2. The standard InChI is InChI=1S/C18H17F3N4O2S/c1-9(18(19,20)21)25-17(24-8-22)14-7-10-4-5-27-13-6-11(16(23)26)2-3-12(13)15(10)28-14/h2-3,6-9H,4-5H2,1H3,(H2,23,26)(H2,22,24,25). The van der Waals surface area contributed by atoms with E-state index in [0.717, 1.165) is 29.3 Å². The molecule has 1 aliphatic heterocycles.